The van der Waals surface area contributed by atoms with Gasteiger partial charge in [-0.25, -0.2) is 0 Å². The topological polar surface area (TPSA) is 26.3 Å². The molecule has 62 valence electrons. The van der Waals surface area contributed by atoms with Crippen molar-refractivity contribution in [3.63, 3.8) is 0 Å². The third-order valence-corrected chi connectivity index (χ3v) is 0.702. The summed E-state index contributed by atoms with van der Waals surface area (Å²) in [6.07, 6.45) is 2.42. The lowest BCUT2D eigenvalue weighted by Gasteiger charge is -1.89. The lowest BCUT2D eigenvalue weighted by molar-refractivity contribution is -0.114. The minimum atomic E-state index is 0.167. The van der Waals surface area contributed by atoms with Crippen LogP contribution < -0.4 is 0 Å². The Morgan fingerprint density at radius 2 is 1.80 bits per heavy atom. The minimum absolute atomic E-state index is 0.167. The van der Waals surface area contributed by atoms with Gasteiger partial charge < -0.3 is 9.53 Å². The van der Waals surface area contributed by atoms with Crippen molar-refractivity contribution >= 4 is 5.78 Å². The Kier molecular flexibility index (Phi) is 14.1. The zero-order valence-corrected chi connectivity index (χ0v) is 7.44. The highest BCUT2D eigenvalue weighted by atomic mass is 16.5. The van der Waals surface area contributed by atoms with Crippen molar-refractivity contribution in [3.05, 3.63) is 0 Å². The van der Waals surface area contributed by atoms with Gasteiger partial charge in [-0.2, -0.15) is 0 Å². The average Bonchev–Trinajstić information content (AvgIpc) is 1.82. The van der Waals surface area contributed by atoms with Crippen LogP contribution >= 0.6 is 0 Å². The molecule has 0 unspecified atom stereocenters. The Labute approximate surface area is 63.6 Å². The van der Waals surface area contributed by atoms with E-state index in [1.807, 2.05) is 0 Å². The fourth-order valence-electron chi connectivity index (χ4n) is 0.289. The Hall–Kier alpha value is -0.370. The molecule has 0 aromatic rings. The van der Waals surface area contributed by atoms with Crippen molar-refractivity contribution in [1.29, 1.82) is 0 Å². The molecule has 0 saturated heterocycles. The van der Waals surface area contributed by atoms with E-state index in [0.717, 1.165) is 6.61 Å². The van der Waals surface area contributed by atoms with Gasteiger partial charge in [0.05, 0.1) is 0 Å². The lowest BCUT2D eigenvalue weighted by Crippen LogP contribution is -1.84. The van der Waals surface area contributed by atoms with E-state index < -0.39 is 0 Å². The van der Waals surface area contributed by atoms with E-state index in [2.05, 4.69) is 6.92 Å². The molecule has 0 radical (unpaired) electrons. The largest absolute Gasteiger partial charge is 0.385 e. The van der Waals surface area contributed by atoms with Gasteiger partial charge in [0.1, 0.15) is 5.78 Å². The molecule has 2 nitrogen and oxygen atoms in total. The van der Waals surface area contributed by atoms with Crippen LogP contribution in [0, 0.1) is 0 Å². The van der Waals surface area contributed by atoms with Gasteiger partial charge in [0, 0.05) is 13.7 Å². The van der Waals surface area contributed by atoms with Crippen molar-refractivity contribution in [2.45, 2.75) is 33.6 Å². The number of unbranched alkanes of at least 4 members (excludes halogenated alkanes) is 1. The van der Waals surface area contributed by atoms with Crippen LogP contribution in [0.25, 0.3) is 0 Å². The van der Waals surface area contributed by atoms with Crippen LogP contribution in [0.15, 0.2) is 0 Å². The zero-order valence-electron chi connectivity index (χ0n) is 7.44. The third-order valence-electron chi connectivity index (χ3n) is 0.702. The number of methoxy groups -OCH3 is 1. The summed E-state index contributed by atoms with van der Waals surface area (Å²) in [5, 5.41) is 0. The number of ketones is 1. The predicted molar refractivity (Wildman–Crippen MR) is 43.1 cm³/mol. The molecule has 0 atom stereocenters. The van der Waals surface area contributed by atoms with E-state index in [0.29, 0.717) is 0 Å². The molecule has 0 saturated carbocycles. The van der Waals surface area contributed by atoms with Gasteiger partial charge in [0.15, 0.2) is 0 Å². The third kappa shape index (κ3) is 48.5. The van der Waals surface area contributed by atoms with Crippen molar-refractivity contribution < 1.29 is 9.53 Å². The predicted octanol–water partition coefficient (Wildman–Crippen LogP) is 2.03. The van der Waals surface area contributed by atoms with Gasteiger partial charge in [0.25, 0.3) is 0 Å². The van der Waals surface area contributed by atoms with Crippen LogP contribution in [0.4, 0.5) is 0 Å². The van der Waals surface area contributed by atoms with E-state index in [1.54, 1.807) is 7.11 Å². The highest BCUT2D eigenvalue weighted by molar-refractivity contribution is 5.72. The van der Waals surface area contributed by atoms with E-state index in [9.17, 15) is 4.79 Å². The van der Waals surface area contributed by atoms with Gasteiger partial charge in [-0.15, -0.1) is 0 Å². The normalized spacial score (nSPS) is 8.00. The van der Waals surface area contributed by atoms with Gasteiger partial charge >= 0.3 is 0 Å². The molecule has 0 aromatic heterocycles. The summed E-state index contributed by atoms with van der Waals surface area (Å²) in [6, 6.07) is 0. The fraction of sp³-hybridized carbons (Fsp3) is 0.875. The first-order valence-electron chi connectivity index (χ1n) is 3.61. The lowest BCUT2D eigenvalue weighted by atomic mass is 10.4. The molecule has 0 aliphatic heterocycles. The Balaban J connectivity index is 0. The van der Waals surface area contributed by atoms with Crippen molar-refractivity contribution in [2.24, 2.45) is 0 Å². The number of hydrogen-bond donors (Lipinski definition) is 0. The number of carbonyl (C=O) groups excluding carboxylic acids is 1. The molecule has 0 fully saturated rings. The van der Waals surface area contributed by atoms with Gasteiger partial charge in [0.2, 0.25) is 0 Å². The molecule has 2 heteroatoms. The van der Waals surface area contributed by atoms with Crippen LogP contribution in [0.2, 0.25) is 0 Å². The number of ether oxygens (including phenoxy) is 1. The Bertz CT molecular complexity index is 61.7. The maximum absolute atomic E-state index is 9.44. The summed E-state index contributed by atoms with van der Waals surface area (Å²) >= 11 is 0. The maximum atomic E-state index is 9.44. The fourth-order valence-corrected chi connectivity index (χ4v) is 0.289. The average molecular weight is 146 g/mol. The molecule has 0 bridgehead atoms. The second-order valence-electron chi connectivity index (χ2n) is 2.25. The standard InChI is InChI=1S/C5H12O.C3H6O/c1-3-4-5-6-2;1-3(2)4/h3-5H2,1-2H3;1-2H3. The Morgan fingerprint density at radius 1 is 1.40 bits per heavy atom. The van der Waals surface area contributed by atoms with Gasteiger partial charge in [-0.3, -0.25) is 0 Å². The second kappa shape index (κ2) is 11.4. The van der Waals surface area contributed by atoms with Crippen molar-refractivity contribution in [1.82, 2.24) is 0 Å². The molecule has 0 aliphatic rings. The highest BCUT2D eigenvalue weighted by Crippen LogP contribution is 1.83. The van der Waals surface area contributed by atoms with Crippen LogP contribution in [0.3, 0.4) is 0 Å². The minimum Gasteiger partial charge on any atom is -0.385 e. The quantitative estimate of drug-likeness (QED) is 0.569. The zero-order chi connectivity index (χ0) is 8.41. The molecule has 10 heavy (non-hydrogen) atoms. The number of rotatable bonds is 3. The molecular weight excluding hydrogens is 128 g/mol. The van der Waals surface area contributed by atoms with Crippen molar-refractivity contribution in [3.8, 4) is 0 Å². The highest BCUT2D eigenvalue weighted by Gasteiger charge is 1.74. The van der Waals surface area contributed by atoms with Crippen molar-refractivity contribution in [2.75, 3.05) is 13.7 Å². The molecule has 0 rings (SSSR count). The number of carbonyl (C=O) groups is 1. The van der Waals surface area contributed by atoms with Gasteiger partial charge in [-0.1, -0.05) is 13.3 Å². The second-order valence-corrected chi connectivity index (χ2v) is 2.25. The monoisotopic (exact) mass is 146 g/mol. The number of hydrogen-bond acceptors (Lipinski definition) is 2. The summed E-state index contributed by atoms with van der Waals surface area (Å²) in [5.74, 6) is 0.167. The summed E-state index contributed by atoms with van der Waals surface area (Å²) in [4.78, 5) is 9.44. The first kappa shape index (κ1) is 12.3. The Morgan fingerprint density at radius 3 is 1.90 bits per heavy atom. The van der Waals surface area contributed by atoms with Crippen LogP contribution in [0.1, 0.15) is 33.6 Å². The first-order valence-corrected chi connectivity index (χ1v) is 3.61. The summed E-state index contributed by atoms with van der Waals surface area (Å²) in [6.45, 7) is 6.12. The van der Waals surface area contributed by atoms with Crippen LogP contribution in [-0.4, -0.2) is 19.5 Å². The SMILES string of the molecule is CC(C)=O.CCCCOC. The van der Waals surface area contributed by atoms with Gasteiger partial charge in [-0.05, 0) is 20.3 Å². The molecule has 0 spiro atoms. The van der Waals surface area contributed by atoms with Crippen LogP contribution in [-0.2, 0) is 9.53 Å². The van der Waals surface area contributed by atoms with E-state index >= 15 is 0 Å². The van der Waals surface area contributed by atoms with Crippen LogP contribution in [0.5, 0.6) is 0 Å². The molecular formula is C8H18O2. The van der Waals surface area contributed by atoms with E-state index in [1.165, 1.54) is 26.7 Å². The summed E-state index contributed by atoms with van der Waals surface area (Å²) in [7, 11) is 1.73. The maximum Gasteiger partial charge on any atom is 0.126 e. The van der Waals surface area contributed by atoms with E-state index in [4.69, 9.17) is 4.74 Å². The molecule has 0 aliphatic carbocycles. The molecule has 0 N–H and O–H groups in total. The summed E-state index contributed by atoms with van der Waals surface area (Å²) < 4.78 is 4.78. The molecule has 0 aromatic carbocycles. The first-order chi connectivity index (χ1) is 4.65. The molecule has 0 amide bonds. The smallest absolute Gasteiger partial charge is 0.126 e. The molecule has 0 heterocycles. The van der Waals surface area contributed by atoms with E-state index in [-0.39, 0.29) is 5.78 Å². The number of Topliss-reactive ketones (excluding diaryl/α,β-unsaturated/α-hetero) is 1. The summed E-state index contributed by atoms with van der Waals surface area (Å²) in [5.41, 5.74) is 0.